The van der Waals surface area contributed by atoms with Gasteiger partial charge in [0.25, 0.3) is 0 Å². The molecule has 12 rings (SSSR count). The van der Waals surface area contributed by atoms with E-state index in [9.17, 15) is 0 Å². The van der Waals surface area contributed by atoms with Crippen molar-refractivity contribution in [3.05, 3.63) is 169 Å². The Morgan fingerprint density at radius 1 is 0.414 bits per heavy atom. The van der Waals surface area contributed by atoms with Crippen LogP contribution < -0.4 is 0 Å². The van der Waals surface area contributed by atoms with Crippen molar-refractivity contribution in [2.24, 2.45) is 0 Å². The van der Waals surface area contributed by atoms with Gasteiger partial charge in [0.05, 0.1) is 39.0 Å². The van der Waals surface area contributed by atoms with Crippen LogP contribution >= 0.6 is 0 Å². The van der Waals surface area contributed by atoms with Crippen LogP contribution in [0.3, 0.4) is 0 Å². The largest absolute Gasteiger partial charge is 0.454 e. The van der Waals surface area contributed by atoms with E-state index in [1.54, 1.807) is 21.3 Å². The van der Waals surface area contributed by atoms with Gasteiger partial charge >= 0.3 is 6.18 Å². The van der Waals surface area contributed by atoms with Gasteiger partial charge < -0.3 is 18.0 Å². The van der Waals surface area contributed by atoms with E-state index in [2.05, 4.69) is 0 Å². The van der Waals surface area contributed by atoms with Crippen LogP contribution in [0.1, 0.15) is 5.56 Å². The minimum absolute atomic E-state index is 0.0554. The summed E-state index contributed by atoms with van der Waals surface area (Å²) in [6.07, 6.45) is -4.90. The fourth-order valence-corrected chi connectivity index (χ4v) is 9.08. The molecule has 0 saturated heterocycles. The molecular weight excluding hydrogens is 744 g/mol. The highest BCUT2D eigenvalue weighted by Gasteiger charge is 2.37. The summed E-state index contributed by atoms with van der Waals surface area (Å²) >= 11 is 0. The molecule has 0 unspecified atom stereocenters. The molecule has 0 amide bonds. The first-order valence-electron chi connectivity index (χ1n) is 18.6. The Bertz CT molecular complexity index is 3690. The summed E-state index contributed by atoms with van der Waals surface area (Å²) in [4.78, 5) is 0. The second-order valence-corrected chi connectivity index (χ2v) is 14.6. The van der Waals surface area contributed by atoms with Crippen LogP contribution in [0.15, 0.2) is 160 Å². The fourth-order valence-electron chi connectivity index (χ4n) is 9.08. The first kappa shape index (κ1) is 32.8. The van der Waals surface area contributed by atoms with Gasteiger partial charge in [0.2, 0.25) is 0 Å². The Morgan fingerprint density at radius 3 is 1.38 bits per heavy atom. The monoisotopic (exact) mass is 768 g/mol. The molecule has 0 bridgehead atoms. The van der Waals surface area contributed by atoms with Gasteiger partial charge in [0.1, 0.15) is 22.8 Å². The second kappa shape index (κ2) is 11.6. The van der Waals surface area contributed by atoms with Gasteiger partial charge in [-0.2, -0.15) is 13.2 Å². The smallest absolute Gasteiger partial charge is 0.418 e. The van der Waals surface area contributed by atoms with Crippen molar-refractivity contribution >= 4 is 87.5 Å². The first-order chi connectivity index (χ1) is 28.2. The average Bonchev–Trinajstić information content (AvgIpc) is 3.97. The molecule has 0 atom stereocenters. The van der Waals surface area contributed by atoms with Crippen molar-refractivity contribution in [3.8, 4) is 22.5 Å². The summed E-state index contributed by atoms with van der Waals surface area (Å²) < 4.78 is 95.0. The molecule has 12 aromatic rings. The molecule has 4 heterocycles. The zero-order chi connectivity index (χ0) is 39.0. The lowest BCUT2D eigenvalue weighted by atomic mass is 9.98. The van der Waals surface area contributed by atoms with Gasteiger partial charge in [0, 0.05) is 54.7 Å². The molecule has 0 saturated carbocycles. The highest BCUT2D eigenvalue weighted by atomic mass is 19.4. The van der Waals surface area contributed by atoms with Crippen molar-refractivity contribution in [1.82, 2.24) is 9.13 Å². The maximum atomic E-state index is 16.0. The number of aromatic nitrogens is 2. The van der Waals surface area contributed by atoms with Crippen LogP contribution in [0, 0.1) is 11.6 Å². The fraction of sp³-hybridized carbons (Fsp3) is 0.0204. The van der Waals surface area contributed by atoms with E-state index in [-0.39, 0.29) is 22.5 Å². The normalized spacial score (nSPS) is 12.6. The van der Waals surface area contributed by atoms with E-state index >= 15 is 22.0 Å². The maximum absolute atomic E-state index is 16.0. The predicted molar refractivity (Wildman–Crippen MR) is 220 cm³/mol. The van der Waals surface area contributed by atoms with Crippen LogP contribution in [0.25, 0.3) is 110 Å². The van der Waals surface area contributed by atoms with Crippen LogP contribution in [-0.4, -0.2) is 9.13 Å². The Balaban J connectivity index is 1.29. The zero-order valence-corrected chi connectivity index (χ0v) is 30.0. The van der Waals surface area contributed by atoms with Crippen LogP contribution in [-0.2, 0) is 6.18 Å². The van der Waals surface area contributed by atoms with Crippen molar-refractivity contribution in [3.63, 3.8) is 0 Å². The average molecular weight is 769 g/mol. The van der Waals surface area contributed by atoms with Gasteiger partial charge in [-0.3, -0.25) is 0 Å². The van der Waals surface area contributed by atoms with Gasteiger partial charge in [-0.15, -0.1) is 0 Å². The van der Waals surface area contributed by atoms with Crippen LogP contribution in [0.5, 0.6) is 0 Å². The summed E-state index contributed by atoms with van der Waals surface area (Å²) in [5.41, 5.74) is 3.24. The number of benzene rings is 8. The Labute approximate surface area is 324 Å². The highest BCUT2D eigenvalue weighted by molar-refractivity contribution is 6.23. The molecule has 4 aromatic heterocycles. The molecule has 9 heteroatoms. The number of nitrogens with zero attached hydrogens (tertiary/aromatic N) is 2. The minimum atomic E-state index is -4.90. The zero-order valence-electron chi connectivity index (χ0n) is 30.0. The lowest BCUT2D eigenvalue weighted by molar-refractivity contribution is -0.137. The molecule has 0 fully saturated rings. The first-order valence-corrected chi connectivity index (χ1v) is 18.6. The number of fused-ring (bicyclic) bond motifs is 14. The minimum Gasteiger partial charge on any atom is -0.454 e. The summed E-state index contributed by atoms with van der Waals surface area (Å²) in [5, 5.41) is 6.09. The summed E-state index contributed by atoms with van der Waals surface area (Å²) in [6, 6.07) is 42.9. The standard InChI is InChI=1S/C49H25F5N2O2/c50-27-21-26(22-28(51)23-27)37-24-42(56-40-14-6-2-10-30(40)34-18-20-36-32-12-4-8-16-44(32)58-48(36)46(34)56)38(49(52,53)54)25-41(37)55-39-13-5-1-9-29(39)33-17-19-35-31-11-3-7-15-43(31)57-47(35)45(33)55/h1-25H. The van der Waals surface area contributed by atoms with Crippen molar-refractivity contribution in [1.29, 1.82) is 0 Å². The molecule has 0 aliphatic heterocycles. The summed E-state index contributed by atoms with van der Waals surface area (Å²) in [6.45, 7) is 0. The maximum Gasteiger partial charge on any atom is 0.418 e. The third-order valence-electron chi connectivity index (χ3n) is 11.4. The molecule has 278 valence electrons. The molecule has 0 aliphatic rings. The van der Waals surface area contributed by atoms with Crippen LogP contribution in [0.2, 0.25) is 0 Å². The number of para-hydroxylation sites is 4. The third kappa shape index (κ3) is 4.49. The number of halogens is 5. The second-order valence-electron chi connectivity index (χ2n) is 14.6. The van der Waals surface area contributed by atoms with E-state index in [0.29, 0.717) is 55.2 Å². The van der Waals surface area contributed by atoms with Gasteiger partial charge in [-0.25, -0.2) is 8.78 Å². The molecule has 8 aromatic carbocycles. The Kier molecular flexibility index (Phi) is 6.55. The SMILES string of the molecule is Fc1cc(F)cc(-c2cc(-n3c4ccccc4c4ccc5c6ccccc6oc5c43)c(C(F)(F)F)cc2-n2c3ccccc3c3ccc4c5ccccc5oc4c32)c1. The summed E-state index contributed by atoms with van der Waals surface area (Å²) in [7, 11) is 0. The molecule has 4 nitrogen and oxygen atoms in total. The highest BCUT2D eigenvalue weighted by Crippen LogP contribution is 2.48. The van der Waals surface area contributed by atoms with E-state index in [0.717, 1.165) is 56.6 Å². The van der Waals surface area contributed by atoms with E-state index < -0.39 is 23.4 Å². The molecular formula is C49H25F5N2O2. The topological polar surface area (TPSA) is 36.1 Å². The van der Waals surface area contributed by atoms with Crippen molar-refractivity contribution < 1.29 is 30.8 Å². The van der Waals surface area contributed by atoms with E-state index in [4.69, 9.17) is 8.83 Å². The van der Waals surface area contributed by atoms with E-state index in [1.165, 1.54) is 6.07 Å². The van der Waals surface area contributed by atoms with Gasteiger partial charge in [-0.05, 0) is 66.2 Å². The third-order valence-corrected chi connectivity index (χ3v) is 11.4. The lowest BCUT2D eigenvalue weighted by Crippen LogP contribution is -2.13. The van der Waals surface area contributed by atoms with E-state index in [1.807, 2.05) is 109 Å². The lowest BCUT2D eigenvalue weighted by Gasteiger charge is -2.22. The number of alkyl halides is 3. The molecule has 0 N–H and O–H groups in total. The van der Waals surface area contributed by atoms with Crippen molar-refractivity contribution in [2.45, 2.75) is 6.18 Å². The number of furan rings is 2. The molecule has 0 radical (unpaired) electrons. The Morgan fingerprint density at radius 2 is 0.862 bits per heavy atom. The summed E-state index contributed by atoms with van der Waals surface area (Å²) in [5.74, 6) is -1.74. The number of hydrogen-bond donors (Lipinski definition) is 0. The molecule has 58 heavy (non-hydrogen) atoms. The van der Waals surface area contributed by atoms with Crippen molar-refractivity contribution in [2.75, 3.05) is 0 Å². The predicted octanol–water partition coefficient (Wildman–Crippen LogP) is 14.6. The quantitative estimate of drug-likeness (QED) is 0.168. The van der Waals surface area contributed by atoms with Gasteiger partial charge in [-0.1, -0.05) is 84.9 Å². The number of rotatable bonds is 3. The Hall–Kier alpha value is -7.39. The molecule has 0 spiro atoms. The van der Waals surface area contributed by atoms with Crippen LogP contribution in [0.4, 0.5) is 22.0 Å². The molecule has 0 aliphatic carbocycles. The number of hydrogen-bond acceptors (Lipinski definition) is 2. The van der Waals surface area contributed by atoms with Gasteiger partial charge in [0.15, 0.2) is 11.2 Å².